The molecular weight excluding hydrogens is 877 g/mol. The number of carbonyl (C=O) groups is 4. The fourth-order valence-corrected chi connectivity index (χ4v) is 13.5. The largest absolute Gasteiger partial charge is 0.462 e. The molecule has 6 aromatic heterocycles. The van der Waals surface area contributed by atoms with Crippen molar-refractivity contribution in [2.45, 2.75) is 61.5 Å². The van der Waals surface area contributed by atoms with Gasteiger partial charge in [-0.1, -0.05) is 97.1 Å². The summed E-state index contributed by atoms with van der Waals surface area (Å²) in [4.78, 5) is 57.0. The van der Waals surface area contributed by atoms with E-state index in [1.54, 1.807) is 37.4 Å². The first kappa shape index (κ1) is 43.3. The Hall–Kier alpha value is -5.92. The van der Waals surface area contributed by atoms with E-state index in [0.29, 0.717) is 54.3 Å². The van der Waals surface area contributed by atoms with Crippen molar-refractivity contribution in [2.24, 2.45) is 0 Å². The molecule has 0 saturated heterocycles. The molecule has 6 heterocycles. The summed E-state index contributed by atoms with van der Waals surface area (Å²) >= 11 is 6.15. The molecule has 8 nitrogen and oxygen atoms in total. The summed E-state index contributed by atoms with van der Waals surface area (Å²) in [5.74, 6) is 0.131. The van der Waals surface area contributed by atoms with E-state index < -0.39 is 11.9 Å². The van der Waals surface area contributed by atoms with Gasteiger partial charge in [-0.25, -0.2) is 9.59 Å². The van der Waals surface area contributed by atoms with Crippen molar-refractivity contribution in [2.75, 3.05) is 13.2 Å². The molecule has 9 rings (SSSR count). The lowest BCUT2D eigenvalue weighted by Crippen LogP contribution is -2.07. The second-order valence-electron chi connectivity index (χ2n) is 15.7. The Labute approximate surface area is 387 Å². The summed E-state index contributed by atoms with van der Waals surface area (Å²) in [6.45, 7) is 12.1. The van der Waals surface area contributed by atoms with Gasteiger partial charge in [-0.3, -0.25) is 9.59 Å². The van der Waals surface area contributed by atoms with Crippen molar-refractivity contribution < 1.29 is 28.7 Å². The molecule has 64 heavy (non-hydrogen) atoms. The maximum atomic E-state index is 14.2. The van der Waals surface area contributed by atoms with E-state index in [1.165, 1.54) is 22.7 Å². The summed E-state index contributed by atoms with van der Waals surface area (Å²) in [7, 11) is 0. The van der Waals surface area contributed by atoms with Crippen LogP contribution in [-0.4, -0.2) is 45.5 Å². The minimum atomic E-state index is -0.441. The molecule has 0 aliphatic carbocycles. The predicted molar refractivity (Wildman–Crippen MR) is 262 cm³/mol. The number of carbonyl (C=O) groups excluding carboxylic acids is 4. The number of thiophene rings is 2. The molecule has 0 atom stereocenters. The van der Waals surface area contributed by atoms with Crippen molar-refractivity contribution >= 4 is 103 Å². The number of hydrogen-bond acceptors (Lipinski definition) is 10. The Morgan fingerprint density at radius 3 is 1.27 bits per heavy atom. The van der Waals surface area contributed by atoms with Crippen molar-refractivity contribution in [3.63, 3.8) is 0 Å². The van der Waals surface area contributed by atoms with Gasteiger partial charge < -0.3 is 18.3 Å². The third-order valence-corrected chi connectivity index (χ3v) is 16.2. The maximum Gasteiger partial charge on any atom is 0.341 e. The van der Waals surface area contributed by atoms with Gasteiger partial charge in [-0.15, -0.1) is 46.2 Å². The van der Waals surface area contributed by atoms with Crippen LogP contribution in [0.3, 0.4) is 0 Å². The van der Waals surface area contributed by atoms with Gasteiger partial charge in [0.15, 0.2) is 0 Å². The summed E-state index contributed by atoms with van der Waals surface area (Å²) in [5, 5.41) is 1.26. The Kier molecular flexibility index (Phi) is 12.1. The predicted octanol–water partition coefficient (Wildman–Crippen LogP) is 13.3. The van der Waals surface area contributed by atoms with Gasteiger partial charge in [-0.2, -0.15) is 0 Å². The van der Waals surface area contributed by atoms with Crippen molar-refractivity contribution in [3.05, 3.63) is 175 Å². The molecule has 9 aromatic rings. The molecule has 0 amide bonds. The van der Waals surface area contributed by atoms with Gasteiger partial charge in [0.2, 0.25) is 11.6 Å². The zero-order valence-corrected chi connectivity index (χ0v) is 39.5. The highest BCUT2D eigenvalue weighted by molar-refractivity contribution is 8.01. The van der Waals surface area contributed by atoms with Crippen LogP contribution in [0.5, 0.6) is 0 Å². The molecule has 0 fully saturated rings. The van der Waals surface area contributed by atoms with Crippen LogP contribution in [0, 0.1) is 27.7 Å². The van der Waals surface area contributed by atoms with Gasteiger partial charge in [0.25, 0.3) is 0 Å². The van der Waals surface area contributed by atoms with E-state index in [9.17, 15) is 19.2 Å². The van der Waals surface area contributed by atoms with Crippen molar-refractivity contribution in [3.8, 4) is 0 Å². The number of thioether (sulfide) groups is 2. The molecule has 0 aliphatic heterocycles. The second-order valence-corrected chi connectivity index (χ2v) is 20.2. The molecule has 0 N–H and O–H groups in total. The number of hydrogen-bond donors (Lipinski definition) is 0. The molecule has 0 radical (unpaired) electrons. The number of benzene rings is 3. The first-order valence-electron chi connectivity index (χ1n) is 21.0. The maximum absolute atomic E-state index is 14.2. The standard InChI is InChI=1S/C52H44N2O6S4/c1-7-59-49(57)39-37-43(53-25-29(3)23-31(5)41(39)53)51(63-47(37)45(55)35-15-11-9-12-16-35)61-27-33-19-21-34(22-20-33)28-62-52-44-38(48(64-52)46(56)36-17-13-10-14-18-36)40(50(58)60-8-2)42-32(6)24-30(4)26-54(42)44/h9-26H,7-8,27-28H2,1-6H3. The van der Waals surface area contributed by atoms with Gasteiger partial charge in [0.05, 0.1) is 64.6 Å². The lowest BCUT2D eigenvalue weighted by atomic mass is 10.0. The zero-order valence-electron chi connectivity index (χ0n) is 36.2. The zero-order chi connectivity index (χ0) is 44.8. The highest BCUT2D eigenvalue weighted by Crippen LogP contribution is 2.47. The van der Waals surface area contributed by atoms with Crippen LogP contribution in [0.4, 0.5) is 0 Å². The number of aromatic nitrogens is 2. The number of rotatable bonds is 14. The number of fused-ring (bicyclic) bond motifs is 6. The van der Waals surface area contributed by atoms with Crippen molar-refractivity contribution in [1.82, 2.24) is 8.80 Å². The van der Waals surface area contributed by atoms with Gasteiger partial charge in [0, 0.05) is 45.8 Å². The average Bonchev–Trinajstić information content (AvgIpc) is 4.04. The molecule has 12 heteroatoms. The molecule has 3 aromatic carbocycles. The number of ketones is 2. The second kappa shape index (κ2) is 17.9. The molecule has 0 aliphatic rings. The number of pyridine rings is 2. The van der Waals surface area contributed by atoms with Crippen LogP contribution in [0.25, 0.3) is 32.8 Å². The van der Waals surface area contributed by atoms with Crippen LogP contribution < -0.4 is 0 Å². The van der Waals surface area contributed by atoms with E-state index in [0.717, 1.165) is 63.9 Å². The normalized spacial score (nSPS) is 11.6. The van der Waals surface area contributed by atoms with Gasteiger partial charge >= 0.3 is 11.9 Å². The summed E-state index contributed by atoms with van der Waals surface area (Å²) in [5.41, 5.74) is 11.3. The fraction of sp³-hybridized carbons (Fsp3) is 0.192. The smallest absolute Gasteiger partial charge is 0.341 e. The third kappa shape index (κ3) is 7.76. The molecule has 0 bridgehead atoms. The highest BCUT2D eigenvalue weighted by Gasteiger charge is 2.32. The van der Waals surface area contributed by atoms with E-state index in [2.05, 4.69) is 45.2 Å². The minimum absolute atomic E-state index is 0.129. The lowest BCUT2D eigenvalue weighted by Gasteiger charge is -2.08. The van der Waals surface area contributed by atoms with E-state index in [4.69, 9.17) is 9.47 Å². The monoisotopic (exact) mass is 920 g/mol. The molecule has 0 unspecified atom stereocenters. The summed E-state index contributed by atoms with van der Waals surface area (Å²) in [6.07, 6.45) is 4.07. The molecule has 0 spiro atoms. The highest BCUT2D eigenvalue weighted by atomic mass is 32.2. The Bertz CT molecular complexity index is 3080. The van der Waals surface area contributed by atoms with Crippen LogP contribution in [0.15, 0.2) is 118 Å². The SMILES string of the molecule is CCOC(=O)c1c2c(C(=O)c3ccccc3)sc(SCc3ccc(CSc4sc(C(=O)c5ccccc5)c5c(C(=O)OCC)c6c(C)cc(C)cn6c45)cc3)c2n2cc(C)cc(C)c12. The fourth-order valence-electron chi connectivity index (χ4n) is 8.53. The Balaban J connectivity index is 1.05. The van der Waals surface area contributed by atoms with E-state index >= 15 is 0 Å². The molecule has 322 valence electrons. The van der Waals surface area contributed by atoms with Crippen molar-refractivity contribution in [1.29, 1.82) is 0 Å². The first-order valence-corrected chi connectivity index (χ1v) is 24.6. The van der Waals surface area contributed by atoms with E-state index in [1.807, 2.05) is 101 Å². The van der Waals surface area contributed by atoms with Crippen LogP contribution in [0.2, 0.25) is 0 Å². The molecule has 0 saturated carbocycles. The topological polar surface area (TPSA) is 95.6 Å². The summed E-state index contributed by atoms with van der Waals surface area (Å²) in [6, 6.07) is 31.0. The molecular formula is C52H44N2O6S4. The Morgan fingerprint density at radius 2 is 0.906 bits per heavy atom. The lowest BCUT2D eigenvalue weighted by molar-refractivity contribution is 0.0521. The van der Waals surface area contributed by atoms with Gasteiger partial charge in [-0.05, 0) is 74.9 Å². The number of ether oxygens (including phenoxy) is 2. The number of aryl methyl sites for hydroxylation is 4. The average molecular weight is 921 g/mol. The van der Waals surface area contributed by atoms with Gasteiger partial charge in [0.1, 0.15) is 0 Å². The Morgan fingerprint density at radius 1 is 0.531 bits per heavy atom. The van der Waals surface area contributed by atoms with Crippen LogP contribution in [-0.2, 0) is 21.0 Å². The number of esters is 2. The van der Waals surface area contributed by atoms with E-state index in [-0.39, 0.29) is 24.8 Å². The first-order chi connectivity index (χ1) is 31.0. The summed E-state index contributed by atoms with van der Waals surface area (Å²) < 4.78 is 17.3. The minimum Gasteiger partial charge on any atom is -0.462 e. The van der Waals surface area contributed by atoms with Crippen LogP contribution >= 0.6 is 46.2 Å². The number of nitrogens with zero attached hydrogens (tertiary/aromatic N) is 2. The van der Waals surface area contributed by atoms with Crippen LogP contribution in [0.1, 0.15) is 98.4 Å². The quantitative estimate of drug-likeness (QED) is 0.0605. The third-order valence-electron chi connectivity index (χ3n) is 11.1.